The molecule has 0 saturated heterocycles. The fourth-order valence-corrected chi connectivity index (χ4v) is 3.25. The van der Waals surface area contributed by atoms with E-state index in [9.17, 15) is 0 Å². The maximum atomic E-state index is 6.14. The van der Waals surface area contributed by atoms with Crippen LogP contribution < -0.4 is 10.1 Å². The number of aromatic nitrogens is 4. The molecule has 0 aliphatic heterocycles. The lowest BCUT2D eigenvalue weighted by atomic mass is 9.91. The van der Waals surface area contributed by atoms with E-state index < -0.39 is 0 Å². The third-order valence-corrected chi connectivity index (χ3v) is 4.75. The van der Waals surface area contributed by atoms with Gasteiger partial charge in [0.1, 0.15) is 5.75 Å². The predicted octanol–water partition coefficient (Wildman–Crippen LogP) is 5.24. The highest BCUT2D eigenvalue weighted by molar-refractivity contribution is 6.28. The molecule has 4 rings (SSSR count). The molecule has 2 heterocycles. The van der Waals surface area contributed by atoms with Crippen LogP contribution in [0.25, 0.3) is 5.65 Å². The molecule has 2 aromatic heterocycles. The minimum absolute atomic E-state index is 0.203. The summed E-state index contributed by atoms with van der Waals surface area (Å²) in [4.78, 5) is 0. The van der Waals surface area contributed by atoms with Gasteiger partial charge in [-0.3, -0.25) is 0 Å². The Morgan fingerprint density at radius 2 is 2.11 bits per heavy atom. The fourth-order valence-electron chi connectivity index (χ4n) is 3.09. The van der Waals surface area contributed by atoms with Gasteiger partial charge in [-0.1, -0.05) is 38.2 Å². The van der Waals surface area contributed by atoms with E-state index in [1.165, 1.54) is 4.52 Å². The van der Waals surface area contributed by atoms with E-state index in [2.05, 4.69) is 64.8 Å². The Bertz CT molecular complexity index is 1040. The van der Waals surface area contributed by atoms with E-state index in [4.69, 9.17) is 16.3 Å². The molecule has 6 nitrogen and oxygen atoms in total. The number of nitrogens with one attached hydrogen (secondary N) is 1. The average Bonchev–Trinajstić information content (AvgIpc) is 3.08. The molecule has 0 fully saturated rings. The molecule has 1 N–H and O–H groups in total. The van der Waals surface area contributed by atoms with Crippen LogP contribution in [-0.4, -0.2) is 26.4 Å². The summed E-state index contributed by atoms with van der Waals surface area (Å²) in [5.41, 5.74) is 2.78. The summed E-state index contributed by atoms with van der Waals surface area (Å²) in [7, 11) is 0. The topological polar surface area (TPSA) is 64.3 Å². The van der Waals surface area contributed by atoms with Crippen LogP contribution in [0.3, 0.4) is 0 Å². The van der Waals surface area contributed by atoms with Crippen molar-refractivity contribution in [2.24, 2.45) is 5.92 Å². The fraction of sp³-hybridized carbons (Fsp3) is 0.286. The summed E-state index contributed by atoms with van der Waals surface area (Å²) < 4.78 is 7.60. The monoisotopic (exact) mass is 395 g/mol. The van der Waals surface area contributed by atoms with Gasteiger partial charge in [0, 0.05) is 29.8 Å². The third-order valence-electron chi connectivity index (χ3n) is 4.52. The zero-order valence-corrected chi connectivity index (χ0v) is 16.6. The molecule has 144 valence electrons. The van der Waals surface area contributed by atoms with Crippen LogP contribution in [-0.2, 0) is 0 Å². The van der Waals surface area contributed by atoms with Gasteiger partial charge >= 0.3 is 0 Å². The van der Waals surface area contributed by atoms with Crippen LogP contribution in [0, 0.1) is 5.92 Å². The molecule has 1 atom stereocenters. The van der Waals surface area contributed by atoms with E-state index in [1.54, 1.807) is 12.1 Å². The average molecular weight is 396 g/mol. The van der Waals surface area contributed by atoms with Crippen LogP contribution in [0.15, 0.2) is 54.6 Å². The van der Waals surface area contributed by atoms with Gasteiger partial charge in [0.2, 0.25) is 11.2 Å². The van der Waals surface area contributed by atoms with Gasteiger partial charge in [0.15, 0.2) is 5.65 Å². The highest BCUT2D eigenvalue weighted by Crippen LogP contribution is 2.36. The first-order valence-electron chi connectivity index (χ1n) is 9.37. The SMILES string of the molecule is CC(C)CNc1ccc(Oc2ccc3nnc(Cl)n3n2)c(C2C=CC=CC2)c1. The van der Waals surface area contributed by atoms with Crippen LogP contribution >= 0.6 is 11.6 Å². The standard InChI is InChI=1S/C21H22ClN5O/c1-14(2)13-23-16-8-9-18(17(12-16)15-6-4-3-5-7-15)28-20-11-10-19-24-25-21(22)27(19)26-20/h3-6,8-12,14-15,23H,7,13H2,1-2H3. The number of anilines is 1. The van der Waals surface area contributed by atoms with E-state index in [0.29, 0.717) is 17.4 Å². The van der Waals surface area contributed by atoms with Crippen molar-refractivity contribution in [1.29, 1.82) is 0 Å². The summed E-state index contributed by atoms with van der Waals surface area (Å²) >= 11 is 6.03. The van der Waals surface area contributed by atoms with Crippen LogP contribution in [0.4, 0.5) is 5.69 Å². The van der Waals surface area contributed by atoms with Crippen LogP contribution in [0.1, 0.15) is 31.7 Å². The Hall–Kier alpha value is -2.86. The van der Waals surface area contributed by atoms with Crippen molar-refractivity contribution in [2.45, 2.75) is 26.2 Å². The van der Waals surface area contributed by atoms with Gasteiger partial charge in [-0.15, -0.1) is 15.3 Å². The quantitative estimate of drug-likeness (QED) is 0.618. The number of rotatable bonds is 6. The molecule has 0 radical (unpaired) electrons. The Morgan fingerprint density at radius 3 is 2.89 bits per heavy atom. The van der Waals surface area contributed by atoms with Crippen molar-refractivity contribution in [3.05, 3.63) is 65.5 Å². The highest BCUT2D eigenvalue weighted by atomic mass is 35.5. The minimum atomic E-state index is 0.203. The molecule has 1 unspecified atom stereocenters. The van der Waals surface area contributed by atoms with Gasteiger partial charge in [-0.2, -0.15) is 4.52 Å². The summed E-state index contributed by atoms with van der Waals surface area (Å²) in [5.74, 6) is 2.04. The number of hydrogen-bond donors (Lipinski definition) is 1. The molecule has 3 aromatic rings. The van der Waals surface area contributed by atoms with Crippen molar-refractivity contribution in [2.75, 3.05) is 11.9 Å². The van der Waals surface area contributed by atoms with E-state index in [-0.39, 0.29) is 11.2 Å². The number of nitrogens with zero attached hydrogens (tertiary/aromatic N) is 4. The lowest BCUT2D eigenvalue weighted by molar-refractivity contribution is 0.445. The lowest BCUT2D eigenvalue weighted by Gasteiger charge is -2.20. The second-order valence-corrected chi connectivity index (χ2v) is 7.53. The Kier molecular flexibility index (Phi) is 5.30. The second kappa shape index (κ2) is 8.02. The summed E-state index contributed by atoms with van der Waals surface area (Å²) in [6, 6.07) is 9.74. The molecule has 28 heavy (non-hydrogen) atoms. The van der Waals surface area contributed by atoms with E-state index in [0.717, 1.165) is 30.0 Å². The van der Waals surface area contributed by atoms with E-state index >= 15 is 0 Å². The maximum absolute atomic E-state index is 6.14. The Morgan fingerprint density at radius 1 is 1.21 bits per heavy atom. The van der Waals surface area contributed by atoms with Crippen molar-refractivity contribution in [3.63, 3.8) is 0 Å². The normalized spacial score (nSPS) is 16.1. The first-order valence-corrected chi connectivity index (χ1v) is 9.75. The molecular formula is C21H22ClN5O. The zero-order chi connectivity index (χ0) is 19.5. The lowest BCUT2D eigenvalue weighted by Crippen LogP contribution is -2.09. The molecule has 0 amide bonds. The summed E-state index contributed by atoms with van der Waals surface area (Å²) in [5, 5.41) is 15.8. The summed E-state index contributed by atoms with van der Waals surface area (Å²) in [6.45, 7) is 5.31. The van der Waals surface area contributed by atoms with Crippen LogP contribution in [0.2, 0.25) is 5.28 Å². The number of benzene rings is 1. The van der Waals surface area contributed by atoms with Crippen molar-refractivity contribution in [3.8, 4) is 11.6 Å². The van der Waals surface area contributed by atoms with Crippen molar-refractivity contribution in [1.82, 2.24) is 19.8 Å². The van der Waals surface area contributed by atoms with Gasteiger partial charge in [-0.25, -0.2) is 0 Å². The summed E-state index contributed by atoms with van der Waals surface area (Å²) in [6.07, 6.45) is 9.45. The predicted molar refractivity (Wildman–Crippen MR) is 111 cm³/mol. The highest BCUT2D eigenvalue weighted by Gasteiger charge is 2.17. The maximum Gasteiger partial charge on any atom is 0.246 e. The number of halogens is 1. The van der Waals surface area contributed by atoms with Crippen molar-refractivity contribution < 1.29 is 4.74 Å². The minimum Gasteiger partial charge on any atom is -0.437 e. The molecule has 0 bridgehead atoms. The smallest absolute Gasteiger partial charge is 0.246 e. The first-order chi connectivity index (χ1) is 13.6. The van der Waals surface area contributed by atoms with Crippen molar-refractivity contribution >= 4 is 22.9 Å². The van der Waals surface area contributed by atoms with Crippen LogP contribution in [0.5, 0.6) is 11.6 Å². The van der Waals surface area contributed by atoms with Gasteiger partial charge < -0.3 is 10.1 Å². The molecular weight excluding hydrogens is 374 g/mol. The number of allylic oxidation sites excluding steroid dienone is 4. The number of ether oxygens (including phenoxy) is 1. The Balaban J connectivity index is 1.66. The zero-order valence-electron chi connectivity index (χ0n) is 15.8. The first kappa shape index (κ1) is 18.5. The molecule has 0 spiro atoms. The molecule has 1 aliphatic rings. The Labute approximate surface area is 168 Å². The third kappa shape index (κ3) is 4.02. The largest absolute Gasteiger partial charge is 0.437 e. The van der Waals surface area contributed by atoms with Gasteiger partial charge in [0.05, 0.1) is 0 Å². The molecule has 1 aliphatic carbocycles. The van der Waals surface area contributed by atoms with E-state index in [1.807, 2.05) is 12.1 Å². The molecule has 7 heteroatoms. The second-order valence-electron chi connectivity index (χ2n) is 7.20. The molecule has 0 saturated carbocycles. The number of hydrogen-bond acceptors (Lipinski definition) is 5. The number of fused-ring (bicyclic) bond motifs is 1. The molecule has 1 aromatic carbocycles. The van der Waals surface area contributed by atoms with Gasteiger partial charge in [0.25, 0.3) is 0 Å². The van der Waals surface area contributed by atoms with Gasteiger partial charge in [-0.05, 0) is 48.2 Å².